The molecule has 0 radical (unpaired) electrons. The van der Waals surface area contributed by atoms with E-state index < -0.39 is 48.0 Å². The summed E-state index contributed by atoms with van der Waals surface area (Å²) in [5, 5.41) is 31.8. The summed E-state index contributed by atoms with van der Waals surface area (Å²) in [6.07, 6.45) is 2.96. The maximum Gasteiger partial charge on any atom is 0.426 e. The number of anilines is 1. The predicted molar refractivity (Wildman–Crippen MR) is 164 cm³/mol. The van der Waals surface area contributed by atoms with E-state index in [2.05, 4.69) is 5.32 Å². The molecule has 0 saturated carbocycles. The van der Waals surface area contributed by atoms with Crippen LogP contribution in [0.2, 0.25) is 0 Å². The first-order valence-corrected chi connectivity index (χ1v) is 14.5. The minimum absolute atomic E-state index is 0.0951. The van der Waals surface area contributed by atoms with E-state index in [1.165, 1.54) is 12.2 Å². The summed E-state index contributed by atoms with van der Waals surface area (Å²) in [6.45, 7) is 3.53. The van der Waals surface area contributed by atoms with Crippen LogP contribution in [-0.4, -0.2) is 97.2 Å². The summed E-state index contributed by atoms with van der Waals surface area (Å²) in [5.41, 5.74) is 16.7. The molecule has 17 nitrogen and oxygen atoms in total. The predicted octanol–water partition coefficient (Wildman–Crippen LogP) is 0.934. The lowest BCUT2D eigenvalue weighted by molar-refractivity contribution is -0.169. The number of aliphatic carboxylic acids is 2. The molecule has 1 aromatic rings. The number of primary amides is 1. The molecule has 46 heavy (non-hydrogen) atoms. The van der Waals surface area contributed by atoms with Gasteiger partial charge in [0.15, 0.2) is 6.04 Å². The summed E-state index contributed by atoms with van der Waals surface area (Å²) in [7, 11) is 0. The number of carboxylic acid groups (broad SMARTS) is 3. The third-order valence-electron chi connectivity index (χ3n) is 6.68. The second kappa shape index (κ2) is 19.3. The molecule has 1 aliphatic rings. The van der Waals surface area contributed by atoms with Crippen molar-refractivity contribution in [2.45, 2.75) is 71.0 Å². The van der Waals surface area contributed by atoms with Gasteiger partial charge in [0, 0.05) is 37.3 Å². The molecule has 2 rings (SSSR count). The van der Waals surface area contributed by atoms with Gasteiger partial charge in [0.1, 0.15) is 6.04 Å². The van der Waals surface area contributed by atoms with Crippen LogP contribution >= 0.6 is 0 Å². The number of carboxylic acids is 2. The molecule has 254 valence electrons. The Hall–Kier alpha value is -5.19. The summed E-state index contributed by atoms with van der Waals surface area (Å²) >= 11 is 0. The van der Waals surface area contributed by atoms with Crippen molar-refractivity contribution in [3.05, 3.63) is 42.0 Å². The van der Waals surface area contributed by atoms with E-state index in [1.807, 2.05) is 0 Å². The Bertz CT molecular complexity index is 1250. The molecule has 6 amide bonds. The summed E-state index contributed by atoms with van der Waals surface area (Å²) < 4.78 is 0. The van der Waals surface area contributed by atoms with Gasteiger partial charge in [0.05, 0.1) is 6.54 Å². The highest BCUT2D eigenvalue weighted by atomic mass is 16.4. The zero-order valence-corrected chi connectivity index (χ0v) is 25.8. The molecule has 10 N–H and O–H groups in total. The first-order valence-electron chi connectivity index (χ1n) is 14.5. The Morgan fingerprint density at radius 1 is 0.891 bits per heavy atom. The van der Waals surface area contributed by atoms with Gasteiger partial charge in [-0.2, -0.15) is 0 Å². The average Bonchev–Trinajstić information content (AvgIpc) is 3.29. The number of nitrogens with one attached hydrogen (secondary N) is 1. The van der Waals surface area contributed by atoms with Gasteiger partial charge < -0.3 is 37.8 Å². The number of carbonyl (C=O) groups is 7. The van der Waals surface area contributed by atoms with Crippen molar-refractivity contribution < 1.29 is 48.9 Å². The van der Waals surface area contributed by atoms with Crippen molar-refractivity contribution in [2.24, 2.45) is 17.4 Å². The average molecular weight is 650 g/mol. The lowest BCUT2D eigenvalue weighted by Gasteiger charge is -2.38. The number of urea groups is 1. The van der Waals surface area contributed by atoms with E-state index in [9.17, 15) is 43.8 Å². The Labute approximate surface area is 265 Å². The van der Waals surface area contributed by atoms with Crippen LogP contribution in [0.1, 0.15) is 57.9 Å². The second-order valence-electron chi connectivity index (χ2n) is 10.7. The van der Waals surface area contributed by atoms with Gasteiger partial charge in [-0.25, -0.2) is 24.4 Å². The molecule has 1 aliphatic heterocycles. The van der Waals surface area contributed by atoms with E-state index in [0.29, 0.717) is 49.9 Å². The van der Waals surface area contributed by atoms with E-state index in [1.54, 1.807) is 38.1 Å². The van der Waals surface area contributed by atoms with Gasteiger partial charge >= 0.3 is 24.1 Å². The highest BCUT2D eigenvalue weighted by Gasteiger charge is 2.38. The molecule has 0 saturated heterocycles. The maximum absolute atomic E-state index is 13.1. The van der Waals surface area contributed by atoms with Crippen LogP contribution in [-0.2, 0) is 30.5 Å². The van der Waals surface area contributed by atoms with Crippen LogP contribution in [0.5, 0.6) is 0 Å². The Morgan fingerprint density at radius 3 is 1.96 bits per heavy atom. The van der Waals surface area contributed by atoms with Crippen molar-refractivity contribution in [3.8, 4) is 0 Å². The van der Waals surface area contributed by atoms with Crippen molar-refractivity contribution in [2.75, 3.05) is 18.8 Å². The maximum atomic E-state index is 13.1. The Kier molecular flexibility index (Phi) is 16.3. The van der Waals surface area contributed by atoms with Crippen LogP contribution in [0.4, 0.5) is 15.3 Å². The molecule has 0 bridgehead atoms. The van der Waals surface area contributed by atoms with Gasteiger partial charge in [-0.1, -0.05) is 32.4 Å². The molecule has 17 heteroatoms. The molecule has 1 heterocycles. The topological polar surface area (TPSA) is 280 Å². The number of nitrogens with zero attached hydrogens (tertiary/aromatic N) is 3. The number of benzene rings is 1. The smallest absolute Gasteiger partial charge is 0.426 e. The third-order valence-corrected chi connectivity index (χ3v) is 6.68. The lowest BCUT2D eigenvalue weighted by atomic mass is 10.0. The molecule has 0 aliphatic carbocycles. The fraction of sp³-hybridized carbons (Fsp3) is 0.483. The number of hydrogen-bond donors (Lipinski definition) is 7. The van der Waals surface area contributed by atoms with Gasteiger partial charge in [0.25, 0.3) is 11.8 Å². The number of nitrogens with two attached hydrogens (primary N) is 3. The van der Waals surface area contributed by atoms with Gasteiger partial charge in [-0.15, -0.1) is 0 Å². The molecular weight excluding hydrogens is 606 g/mol. The number of amides is 6. The number of unbranched alkanes of at least 4 members (excludes halogenated alkanes) is 2. The zero-order valence-electron chi connectivity index (χ0n) is 25.8. The van der Waals surface area contributed by atoms with E-state index in [-0.39, 0.29) is 31.3 Å². The van der Waals surface area contributed by atoms with Crippen molar-refractivity contribution in [1.29, 1.82) is 0 Å². The normalized spacial score (nSPS) is 13.4. The number of imide groups is 1. The zero-order chi connectivity index (χ0) is 35.0. The summed E-state index contributed by atoms with van der Waals surface area (Å²) in [5.74, 6) is -4.32. The van der Waals surface area contributed by atoms with Gasteiger partial charge in [-0.3, -0.25) is 24.1 Å². The minimum Gasteiger partial charge on any atom is -0.480 e. The summed E-state index contributed by atoms with van der Waals surface area (Å²) in [4.78, 5) is 81.8. The van der Waals surface area contributed by atoms with Crippen LogP contribution in [0.25, 0.3) is 0 Å². The standard InChI is InChI=1S/C23H30N4O7.C6H13N3O3/c1-15(2)21(22(31)32)27(26(23(33)34)14-16-7-9-17(24)10-8-16)20(30)6-4-3-5-13-25-18(28)11-12-19(25)29;7-4(5(10)11)2-1-3-9-6(8)12/h7-12,15,21H,3-6,13-14,24H2,1-2H3,(H,31,32)(H,33,34);4H,1-3,7H2,(H,10,11)(H3,8,9,12)/t21-;4-/m00/s1. The molecule has 0 spiro atoms. The number of nitrogen functional groups attached to an aromatic ring is 1. The van der Waals surface area contributed by atoms with Crippen molar-refractivity contribution in [3.63, 3.8) is 0 Å². The Morgan fingerprint density at radius 2 is 1.48 bits per heavy atom. The number of hydrogen-bond acceptors (Lipinski definition) is 9. The van der Waals surface area contributed by atoms with E-state index in [0.717, 1.165) is 14.9 Å². The van der Waals surface area contributed by atoms with Crippen molar-refractivity contribution in [1.82, 2.24) is 20.2 Å². The first kappa shape index (κ1) is 38.8. The van der Waals surface area contributed by atoms with Crippen LogP contribution < -0.4 is 22.5 Å². The molecule has 2 atom stereocenters. The van der Waals surface area contributed by atoms with Gasteiger partial charge in [0.2, 0.25) is 5.91 Å². The second-order valence-corrected chi connectivity index (χ2v) is 10.7. The molecule has 0 unspecified atom stereocenters. The monoisotopic (exact) mass is 649 g/mol. The van der Waals surface area contributed by atoms with Crippen LogP contribution in [0.15, 0.2) is 36.4 Å². The lowest BCUT2D eigenvalue weighted by Crippen LogP contribution is -2.58. The number of carbonyl (C=O) groups excluding carboxylic acids is 4. The fourth-order valence-corrected chi connectivity index (χ4v) is 4.29. The largest absolute Gasteiger partial charge is 0.480 e. The number of hydrazine groups is 1. The Balaban J connectivity index is 0.000000745. The van der Waals surface area contributed by atoms with E-state index >= 15 is 0 Å². The molecule has 0 aromatic heterocycles. The molecule has 1 aromatic carbocycles. The minimum atomic E-state index is -1.46. The fourth-order valence-electron chi connectivity index (χ4n) is 4.29. The highest BCUT2D eigenvalue weighted by molar-refractivity contribution is 6.12. The molecule has 0 fully saturated rings. The first-order chi connectivity index (χ1) is 21.6. The molecular formula is C29H43N7O10. The van der Waals surface area contributed by atoms with Crippen LogP contribution in [0, 0.1) is 5.92 Å². The quantitative estimate of drug-likeness (QED) is 0.0570. The van der Waals surface area contributed by atoms with E-state index in [4.69, 9.17) is 22.3 Å². The highest BCUT2D eigenvalue weighted by Crippen LogP contribution is 2.21. The number of rotatable bonds is 16. The van der Waals surface area contributed by atoms with Crippen LogP contribution in [0.3, 0.4) is 0 Å². The summed E-state index contributed by atoms with van der Waals surface area (Å²) in [6, 6.07) is 3.53. The van der Waals surface area contributed by atoms with Crippen molar-refractivity contribution >= 4 is 47.5 Å². The SMILES string of the molecule is CC(C)[C@@H](C(=O)O)N(C(=O)CCCCCN1C(=O)C=CC1=O)N(Cc1ccc(N)cc1)C(=O)O.NC(=O)NCCC[C@H](N)C(=O)O. The van der Waals surface area contributed by atoms with Gasteiger partial charge in [-0.05, 0) is 49.3 Å². The third kappa shape index (κ3) is 13.2.